The van der Waals surface area contributed by atoms with Crippen molar-refractivity contribution < 1.29 is 19.1 Å². The summed E-state index contributed by atoms with van der Waals surface area (Å²) in [6.45, 7) is 0.244. The number of benzene rings is 1. The molecule has 0 saturated heterocycles. The average molecular weight is 278 g/mol. The smallest absolute Gasteiger partial charge is 0.229 e. The van der Waals surface area contributed by atoms with Gasteiger partial charge in [-0.2, -0.15) is 4.98 Å². The first-order chi connectivity index (χ1) is 9.71. The Morgan fingerprint density at radius 3 is 2.95 bits per heavy atom. The Morgan fingerprint density at radius 2 is 2.20 bits per heavy atom. The van der Waals surface area contributed by atoms with E-state index < -0.39 is 6.10 Å². The van der Waals surface area contributed by atoms with Gasteiger partial charge >= 0.3 is 0 Å². The second-order valence-corrected chi connectivity index (χ2v) is 4.45. The predicted molar refractivity (Wildman–Crippen MR) is 71.7 cm³/mol. The molecule has 1 aromatic carbocycles. The molecule has 1 N–H and O–H groups in total. The molecule has 0 aliphatic carbocycles. The monoisotopic (exact) mass is 278 g/mol. The average Bonchev–Trinajstić information content (AvgIpc) is 2.86. The molecule has 1 heterocycles. The van der Waals surface area contributed by atoms with Crippen molar-refractivity contribution in [3.05, 3.63) is 41.5 Å². The molecule has 6 nitrogen and oxygen atoms in total. The van der Waals surface area contributed by atoms with Crippen LogP contribution in [0.1, 0.15) is 17.3 Å². The van der Waals surface area contributed by atoms with Crippen LogP contribution in [-0.4, -0.2) is 42.2 Å². The zero-order chi connectivity index (χ0) is 14.4. The van der Waals surface area contributed by atoms with Crippen LogP contribution in [0.2, 0.25) is 0 Å². The third-order valence-electron chi connectivity index (χ3n) is 2.78. The van der Waals surface area contributed by atoms with Crippen LogP contribution in [0, 0.1) is 0 Å². The lowest BCUT2D eigenvalue weighted by Crippen LogP contribution is -2.17. The van der Waals surface area contributed by atoms with Crippen molar-refractivity contribution in [1.82, 2.24) is 10.1 Å². The van der Waals surface area contributed by atoms with E-state index in [1.54, 1.807) is 7.11 Å². The van der Waals surface area contributed by atoms with Crippen LogP contribution in [-0.2, 0) is 17.6 Å². The zero-order valence-electron chi connectivity index (χ0n) is 11.6. The summed E-state index contributed by atoms with van der Waals surface area (Å²) >= 11 is 0. The minimum absolute atomic E-state index is 0.244. The van der Waals surface area contributed by atoms with E-state index in [2.05, 4.69) is 10.1 Å². The van der Waals surface area contributed by atoms with E-state index in [0.29, 0.717) is 24.6 Å². The van der Waals surface area contributed by atoms with Crippen LogP contribution in [0.5, 0.6) is 5.75 Å². The van der Waals surface area contributed by atoms with E-state index in [9.17, 15) is 5.11 Å². The highest BCUT2D eigenvalue weighted by Crippen LogP contribution is 2.15. The topological polar surface area (TPSA) is 77.6 Å². The molecule has 1 atom stereocenters. The molecule has 1 aromatic heterocycles. The fourth-order valence-electron chi connectivity index (χ4n) is 1.86. The van der Waals surface area contributed by atoms with Gasteiger partial charge in [-0.15, -0.1) is 0 Å². The van der Waals surface area contributed by atoms with Gasteiger partial charge in [0.15, 0.2) is 5.82 Å². The molecule has 2 aromatic rings. The van der Waals surface area contributed by atoms with Crippen LogP contribution in [0.4, 0.5) is 0 Å². The van der Waals surface area contributed by atoms with Gasteiger partial charge in [0, 0.05) is 13.5 Å². The number of nitrogens with zero attached hydrogens (tertiary/aromatic N) is 2. The summed E-state index contributed by atoms with van der Waals surface area (Å²) in [5.74, 6) is 1.78. The molecule has 108 valence electrons. The van der Waals surface area contributed by atoms with E-state index in [-0.39, 0.29) is 6.61 Å². The van der Waals surface area contributed by atoms with Crippen LogP contribution < -0.4 is 4.74 Å². The Balaban J connectivity index is 1.98. The predicted octanol–water partition coefficient (Wildman–Crippen LogP) is 1.22. The Morgan fingerprint density at radius 1 is 1.35 bits per heavy atom. The van der Waals surface area contributed by atoms with Gasteiger partial charge in [-0.25, -0.2) is 0 Å². The van der Waals surface area contributed by atoms with Gasteiger partial charge in [-0.3, -0.25) is 0 Å². The Bertz CT molecular complexity index is 541. The van der Waals surface area contributed by atoms with Crippen molar-refractivity contribution in [2.75, 3.05) is 20.8 Å². The van der Waals surface area contributed by atoms with E-state index in [0.717, 1.165) is 11.3 Å². The first-order valence-corrected chi connectivity index (χ1v) is 6.32. The lowest BCUT2D eigenvalue weighted by molar-refractivity contribution is 0.0599. The number of aliphatic hydroxyl groups is 1. The molecule has 0 saturated carbocycles. The SMILES string of the molecule is COCC(O)Cc1nc(Cc2cccc(OC)c2)no1. The molecular weight excluding hydrogens is 260 g/mol. The molecule has 20 heavy (non-hydrogen) atoms. The van der Waals surface area contributed by atoms with Crippen LogP contribution in [0.25, 0.3) is 0 Å². The zero-order valence-corrected chi connectivity index (χ0v) is 11.6. The summed E-state index contributed by atoms with van der Waals surface area (Å²) in [7, 11) is 3.16. The first kappa shape index (κ1) is 14.5. The fourth-order valence-corrected chi connectivity index (χ4v) is 1.86. The third kappa shape index (κ3) is 4.04. The summed E-state index contributed by atoms with van der Waals surface area (Å²) in [5.41, 5.74) is 1.04. The van der Waals surface area contributed by atoms with Crippen molar-refractivity contribution in [3.63, 3.8) is 0 Å². The van der Waals surface area contributed by atoms with Crippen LogP contribution in [0.15, 0.2) is 28.8 Å². The maximum absolute atomic E-state index is 9.60. The van der Waals surface area contributed by atoms with Gasteiger partial charge in [0.1, 0.15) is 5.75 Å². The number of aromatic nitrogens is 2. The number of aliphatic hydroxyl groups excluding tert-OH is 1. The summed E-state index contributed by atoms with van der Waals surface area (Å²) in [5, 5.41) is 13.5. The molecule has 6 heteroatoms. The highest BCUT2D eigenvalue weighted by molar-refractivity contribution is 5.30. The molecule has 0 amide bonds. The number of methoxy groups -OCH3 is 2. The largest absolute Gasteiger partial charge is 0.497 e. The van der Waals surface area contributed by atoms with Crippen molar-refractivity contribution in [1.29, 1.82) is 0 Å². The Labute approximate surface area is 117 Å². The molecule has 0 spiro atoms. The fraction of sp³-hybridized carbons (Fsp3) is 0.429. The second-order valence-electron chi connectivity index (χ2n) is 4.45. The van der Waals surface area contributed by atoms with E-state index in [1.165, 1.54) is 7.11 Å². The van der Waals surface area contributed by atoms with Gasteiger partial charge in [0.2, 0.25) is 5.89 Å². The highest BCUT2D eigenvalue weighted by Gasteiger charge is 2.12. The Hall–Kier alpha value is -1.92. The van der Waals surface area contributed by atoms with Gasteiger partial charge in [-0.05, 0) is 17.7 Å². The molecule has 1 unspecified atom stereocenters. The molecule has 0 aliphatic heterocycles. The van der Waals surface area contributed by atoms with E-state index >= 15 is 0 Å². The standard InChI is InChI=1S/C14H18N2O4/c1-18-9-11(17)8-14-15-13(16-20-14)7-10-4-3-5-12(6-10)19-2/h3-6,11,17H,7-9H2,1-2H3. The third-order valence-corrected chi connectivity index (χ3v) is 2.78. The number of hydrogen-bond acceptors (Lipinski definition) is 6. The maximum atomic E-state index is 9.60. The quantitative estimate of drug-likeness (QED) is 0.820. The Kier molecular flexibility index (Phi) is 5.09. The first-order valence-electron chi connectivity index (χ1n) is 6.32. The number of hydrogen-bond donors (Lipinski definition) is 1. The molecule has 0 fully saturated rings. The van der Waals surface area contributed by atoms with Crippen molar-refractivity contribution in [2.24, 2.45) is 0 Å². The van der Waals surface area contributed by atoms with Crippen molar-refractivity contribution in [2.45, 2.75) is 18.9 Å². The maximum Gasteiger partial charge on any atom is 0.229 e. The van der Waals surface area contributed by atoms with Gasteiger partial charge in [0.05, 0.1) is 26.2 Å². The van der Waals surface area contributed by atoms with Crippen molar-refractivity contribution >= 4 is 0 Å². The minimum atomic E-state index is -0.634. The summed E-state index contributed by atoms with van der Waals surface area (Å²) in [4.78, 5) is 4.25. The molecule has 0 radical (unpaired) electrons. The van der Waals surface area contributed by atoms with Crippen LogP contribution >= 0.6 is 0 Å². The molecule has 2 rings (SSSR count). The number of rotatable bonds is 7. The van der Waals surface area contributed by atoms with Gasteiger partial charge in [0.25, 0.3) is 0 Å². The lowest BCUT2D eigenvalue weighted by atomic mass is 10.1. The summed E-state index contributed by atoms with van der Waals surface area (Å²) in [6, 6.07) is 7.69. The lowest BCUT2D eigenvalue weighted by Gasteiger charge is -2.04. The van der Waals surface area contributed by atoms with E-state index in [1.807, 2.05) is 24.3 Å². The molecule has 0 aliphatic rings. The minimum Gasteiger partial charge on any atom is -0.497 e. The highest BCUT2D eigenvalue weighted by atomic mass is 16.5. The molecule has 0 bridgehead atoms. The normalized spacial score (nSPS) is 12.3. The van der Waals surface area contributed by atoms with Gasteiger partial charge < -0.3 is 19.1 Å². The summed E-state index contributed by atoms with van der Waals surface area (Å²) in [6.07, 6.45) is 0.213. The van der Waals surface area contributed by atoms with E-state index in [4.69, 9.17) is 14.0 Å². The summed E-state index contributed by atoms with van der Waals surface area (Å²) < 4.78 is 15.1. The molecular formula is C14H18N2O4. The number of ether oxygens (including phenoxy) is 2. The van der Waals surface area contributed by atoms with Crippen molar-refractivity contribution in [3.8, 4) is 5.75 Å². The van der Waals surface area contributed by atoms with Gasteiger partial charge in [-0.1, -0.05) is 17.3 Å². The second kappa shape index (κ2) is 7.02. The van der Waals surface area contributed by atoms with Crippen LogP contribution in [0.3, 0.4) is 0 Å².